The lowest BCUT2D eigenvalue weighted by atomic mass is 10.00. The number of carbonyl (C=O) groups excluding carboxylic acids is 3. The lowest BCUT2D eigenvalue weighted by Crippen LogP contribution is -2.55. The van der Waals surface area contributed by atoms with Gasteiger partial charge in [-0.3, -0.25) is 19.1 Å². The maximum Gasteiger partial charge on any atom is 0.418 e. The Morgan fingerprint density at radius 2 is 2.00 bits per heavy atom. The van der Waals surface area contributed by atoms with Crippen molar-refractivity contribution in [2.75, 3.05) is 6.54 Å². The summed E-state index contributed by atoms with van der Waals surface area (Å²) in [6.07, 6.45) is 3.28. The second-order valence-corrected chi connectivity index (χ2v) is 7.15. The smallest absolute Gasteiger partial charge is 0.309 e. The zero-order valence-electron chi connectivity index (χ0n) is 14.0. The summed E-state index contributed by atoms with van der Waals surface area (Å²) in [6, 6.07) is 0.646. The fourth-order valence-electron chi connectivity index (χ4n) is 3.13. The molecule has 13 heteroatoms. The van der Waals surface area contributed by atoms with Crippen LogP contribution in [0.15, 0.2) is 24.5 Å². The summed E-state index contributed by atoms with van der Waals surface area (Å²) in [5.41, 5.74) is 0.618. The Kier molecular flexibility index (Phi) is 5.10. The summed E-state index contributed by atoms with van der Waals surface area (Å²) < 4.78 is 34.8. The van der Waals surface area contributed by atoms with Crippen molar-refractivity contribution in [3.05, 3.63) is 30.1 Å². The van der Waals surface area contributed by atoms with Crippen LogP contribution in [0.1, 0.15) is 18.4 Å². The van der Waals surface area contributed by atoms with Crippen molar-refractivity contribution in [3.8, 4) is 0 Å². The second-order valence-electron chi connectivity index (χ2n) is 6.14. The van der Waals surface area contributed by atoms with E-state index < -0.39 is 40.3 Å². The van der Waals surface area contributed by atoms with Gasteiger partial charge in [0.2, 0.25) is 5.91 Å². The Morgan fingerprint density at radius 3 is 2.63 bits per heavy atom. The highest BCUT2D eigenvalue weighted by atomic mass is 32.3. The van der Waals surface area contributed by atoms with Crippen LogP contribution < -0.4 is 5.84 Å². The van der Waals surface area contributed by atoms with E-state index in [0.29, 0.717) is 15.6 Å². The van der Waals surface area contributed by atoms with Gasteiger partial charge in [0.1, 0.15) is 6.04 Å². The highest BCUT2D eigenvalue weighted by molar-refractivity contribution is 7.80. The summed E-state index contributed by atoms with van der Waals surface area (Å²) in [5, 5.41) is 0.979. The van der Waals surface area contributed by atoms with E-state index >= 15 is 0 Å². The Morgan fingerprint density at radius 1 is 1.33 bits per heavy atom. The van der Waals surface area contributed by atoms with Crippen molar-refractivity contribution in [2.24, 2.45) is 5.84 Å². The van der Waals surface area contributed by atoms with Crippen LogP contribution in [-0.2, 0) is 30.7 Å². The number of rotatable bonds is 5. The van der Waals surface area contributed by atoms with Gasteiger partial charge in [0.15, 0.2) is 0 Å². The van der Waals surface area contributed by atoms with Crippen molar-refractivity contribution < 1.29 is 31.6 Å². The summed E-state index contributed by atoms with van der Waals surface area (Å²) in [6.45, 7) is 0.0111. The Bertz CT molecular complexity index is 862. The van der Waals surface area contributed by atoms with Gasteiger partial charge in [0, 0.05) is 18.9 Å². The molecule has 1 aromatic rings. The molecule has 0 unspecified atom stereocenters. The van der Waals surface area contributed by atoms with E-state index in [9.17, 15) is 22.8 Å². The number of hydrazine groups is 1. The SMILES string of the molecule is NN(C(=O)Cc1ccncc1)C(=O)[C@@H]1CC[C@@H]2CN1C(=O)N2OS(=O)(=O)O. The molecule has 2 atom stereocenters. The van der Waals surface area contributed by atoms with Gasteiger partial charge in [-0.2, -0.15) is 13.5 Å². The topological polar surface area (TPSA) is 163 Å². The lowest BCUT2D eigenvalue weighted by Gasteiger charge is -2.31. The number of hydrogen-bond acceptors (Lipinski definition) is 8. The molecule has 0 aliphatic carbocycles. The third-order valence-electron chi connectivity index (χ3n) is 4.39. The summed E-state index contributed by atoms with van der Waals surface area (Å²) >= 11 is 0. The van der Waals surface area contributed by atoms with E-state index in [2.05, 4.69) is 9.27 Å². The standard InChI is InChI=1S/C14H17N5O7S/c15-18(12(20)7-9-3-5-16-6-4-9)13(21)11-2-1-10-8-17(11)14(22)19(10)26-27(23,24)25/h3-6,10-11H,1-2,7-8,15H2,(H,23,24,25)/t10-,11+/m1/s1. The van der Waals surface area contributed by atoms with Crippen LogP contribution in [0.4, 0.5) is 4.79 Å². The number of fused-ring (bicyclic) bond motifs is 2. The minimum Gasteiger partial charge on any atom is -0.309 e. The second kappa shape index (κ2) is 7.19. The number of nitrogens with zero attached hydrogens (tertiary/aromatic N) is 4. The Balaban J connectivity index is 1.69. The maximum absolute atomic E-state index is 12.6. The molecule has 0 radical (unpaired) electrons. The number of imide groups is 1. The number of piperidine rings is 1. The molecule has 0 spiro atoms. The molecule has 0 aromatic carbocycles. The van der Waals surface area contributed by atoms with E-state index in [4.69, 9.17) is 10.4 Å². The van der Waals surface area contributed by atoms with Crippen LogP contribution in [0.2, 0.25) is 0 Å². The molecular weight excluding hydrogens is 382 g/mol. The largest absolute Gasteiger partial charge is 0.418 e. The van der Waals surface area contributed by atoms with Gasteiger partial charge in [0.05, 0.1) is 12.5 Å². The number of amides is 4. The number of hydroxylamine groups is 2. The Hall–Kier alpha value is -2.61. The van der Waals surface area contributed by atoms with Crippen LogP contribution in [0, 0.1) is 0 Å². The number of hydrogen-bond donors (Lipinski definition) is 2. The van der Waals surface area contributed by atoms with Crippen molar-refractivity contribution in [2.45, 2.75) is 31.3 Å². The zero-order chi connectivity index (χ0) is 19.8. The summed E-state index contributed by atoms with van der Waals surface area (Å²) in [4.78, 5) is 42.1. The molecule has 3 heterocycles. The van der Waals surface area contributed by atoms with Crippen LogP contribution in [-0.4, -0.2) is 69.4 Å². The molecule has 2 aliphatic rings. The molecule has 2 aliphatic heterocycles. The van der Waals surface area contributed by atoms with Crippen LogP contribution in [0.5, 0.6) is 0 Å². The third-order valence-corrected chi connectivity index (χ3v) is 4.74. The summed E-state index contributed by atoms with van der Waals surface area (Å²) in [7, 11) is -4.88. The lowest BCUT2D eigenvalue weighted by molar-refractivity contribution is -0.148. The van der Waals surface area contributed by atoms with E-state index in [1.54, 1.807) is 12.1 Å². The molecule has 27 heavy (non-hydrogen) atoms. The molecule has 0 saturated carbocycles. The van der Waals surface area contributed by atoms with Gasteiger partial charge >= 0.3 is 16.4 Å². The van der Waals surface area contributed by atoms with Gasteiger partial charge in [-0.1, -0.05) is 0 Å². The average molecular weight is 399 g/mol. The predicted molar refractivity (Wildman–Crippen MR) is 87.4 cm³/mol. The van der Waals surface area contributed by atoms with Crippen molar-refractivity contribution in [1.29, 1.82) is 0 Å². The predicted octanol–water partition coefficient (Wildman–Crippen LogP) is -1.14. The molecule has 3 rings (SSSR count). The minimum absolute atomic E-state index is 0.0111. The molecule has 2 saturated heterocycles. The van der Waals surface area contributed by atoms with E-state index in [1.807, 2.05) is 0 Å². The fraction of sp³-hybridized carbons (Fsp3) is 0.429. The first-order valence-corrected chi connectivity index (χ1v) is 9.31. The summed E-state index contributed by atoms with van der Waals surface area (Å²) in [5.74, 6) is 4.21. The number of pyridine rings is 1. The van der Waals surface area contributed by atoms with E-state index in [-0.39, 0.29) is 25.8 Å². The number of carbonyl (C=O) groups is 3. The Labute approximate surface area is 154 Å². The molecule has 12 nitrogen and oxygen atoms in total. The average Bonchev–Trinajstić information content (AvgIpc) is 2.85. The normalized spacial score (nSPS) is 22.1. The number of nitrogens with two attached hydrogens (primary N) is 1. The quantitative estimate of drug-likeness (QED) is 0.269. The molecule has 3 N–H and O–H groups in total. The third kappa shape index (κ3) is 4.05. The molecule has 2 bridgehead atoms. The van der Waals surface area contributed by atoms with Crippen molar-refractivity contribution in [1.82, 2.24) is 20.0 Å². The van der Waals surface area contributed by atoms with Crippen molar-refractivity contribution >= 4 is 28.2 Å². The van der Waals surface area contributed by atoms with E-state index in [0.717, 1.165) is 4.90 Å². The fourth-order valence-corrected chi connectivity index (χ4v) is 3.52. The van der Waals surface area contributed by atoms with Gasteiger partial charge in [-0.25, -0.2) is 15.6 Å². The molecule has 4 amide bonds. The highest BCUT2D eigenvalue weighted by Gasteiger charge is 2.50. The molecular formula is C14H17N5O7S. The number of urea groups is 1. The van der Waals surface area contributed by atoms with Crippen LogP contribution >= 0.6 is 0 Å². The zero-order valence-corrected chi connectivity index (χ0v) is 14.8. The maximum atomic E-state index is 12.6. The first kappa shape index (κ1) is 19.2. The first-order valence-electron chi connectivity index (χ1n) is 7.94. The van der Waals surface area contributed by atoms with Crippen LogP contribution in [0.25, 0.3) is 0 Å². The van der Waals surface area contributed by atoms with Gasteiger partial charge in [-0.15, -0.1) is 4.28 Å². The monoisotopic (exact) mass is 399 g/mol. The molecule has 1 aromatic heterocycles. The molecule has 2 fully saturated rings. The van der Waals surface area contributed by atoms with Crippen molar-refractivity contribution in [3.63, 3.8) is 0 Å². The van der Waals surface area contributed by atoms with Gasteiger partial charge < -0.3 is 4.90 Å². The first-order chi connectivity index (χ1) is 12.7. The van der Waals surface area contributed by atoms with Gasteiger partial charge in [-0.05, 0) is 30.5 Å². The highest BCUT2D eigenvalue weighted by Crippen LogP contribution is 2.31. The molecule has 146 valence electrons. The van der Waals surface area contributed by atoms with E-state index in [1.165, 1.54) is 12.4 Å². The van der Waals surface area contributed by atoms with Crippen LogP contribution in [0.3, 0.4) is 0 Å². The number of aromatic nitrogens is 1. The van der Waals surface area contributed by atoms with Gasteiger partial charge in [0.25, 0.3) is 5.91 Å². The minimum atomic E-state index is -4.88.